The maximum atomic E-state index is 1.65. The van der Waals surface area contributed by atoms with E-state index in [1.807, 2.05) is 0 Å². The van der Waals surface area contributed by atoms with Crippen molar-refractivity contribution in [3.8, 4) is 0 Å². The quantitative estimate of drug-likeness (QED) is 0.477. The van der Waals surface area contributed by atoms with E-state index in [-0.39, 0.29) is 0 Å². The third-order valence-corrected chi connectivity index (χ3v) is 5.27. The van der Waals surface area contributed by atoms with Crippen LogP contribution in [0.25, 0.3) is 0 Å². The Bertz CT molecular complexity index is 208. The lowest BCUT2D eigenvalue weighted by atomic mass is 9.60. The average molecular weight is 134 g/mol. The van der Waals surface area contributed by atoms with Crippen molar-refractivity contribution >= 4 is 0 Å². The molecule has 0 amide bonds. The molecule has 4 aliphatic rings. The zero-order valence-electron chi connectivity index (χ0n) is 6.34. The van der Waals surface area contributed by atoms with E-state index in [1.165, 1.54) is 23.7 Å². The fraction of sp³-hybridized carbons (Fsp3) is 1.00. The normalized spacial score (nSPS) is 74.4. The third kappa shape index (κ3) is 0.271. The molecule has 0 aliphatic heterocycles. The first kappa shape index (κ1) is 4.79. The number of rotatable bonds is 0. The van der Waals surface area contributed by atoms with Crippen LogP contribution in [0.3, 0.4) is 0 Å². The molecule has 4 saturated carbocycles. The predicted octanol–water partition coefficient (Wildman–Crippen LogP) is 2.44. The maximum Gasteiger partial charge on any atom is -0.0235 e. The molecule has 0 aromatic carbocycles. The molecule has 1 spiro atoms. The Morgan fingerprint density at radius 2 is 1.90 bits per heavy atom. The molecule has 0 N–H and O–H groups in total. The highest BCUT2D eigenvalue weighted by atomic mass is 14.8. The summed E-state index contributed by atoms with van der Waals surface area (Å²) in [4.78, 5) is 0. The Hall–Kier alpha value is 0. The lowest BCUT2D eigenvalue weighted by molar-refractivity contribution is 0.0464. The molecule has 0 heterocycles. The van der Waals surface area contributed by atoms with E-state index < -0.39 is 0 Å². The highest BCUT2D eigenvalue weighted by molar-refractivity contribution is 5.23. The summed E-state index contributed by atoms with van der Waals surface area (Å²) in [6.45, 7) is 0. The van der Waals surface area contributed by atoms with Gasteiger partial charge in [0.25, 0.3) is 0 Å². The van der Waals surface area contributed by atoms with Crippen LogP contribution < -0.4 is 0 Å². The van der Waals surface area contributed by atoms with E-state index in [4.69, 9.17) is 0 Å². The Morgan fingerprint density at radius 3 is 2.60 bits per heavy atom. The summed E-state index contributed by atoms with van der Waals surface area (Å²) in [6.07, 6.45) is 8.11. The summed E-state index contributed by atoms with van der Waals surface area (Å²) >= 11 is 0. The molecule has 0 bridgehead atoms. The molecule has 0 nitrogen and oxygen atoms in total. The molecule has 4 fully saturated rings. The lowest BCUT2D eigenvalue weighted by Gasteiger charge is -2.45. The summed E-state index contributed by atoms with van der Waals surface area (Å²) in [5, 5.41) is 0. The van der Waals surface area contributed by atoms with Gasteiger partial charge in [0.2, 0.25) is 0 Å². The Kier molecular flexibility index (Phi) is 0.522. The van der Waals surface area contributed by atoms with Crippen LogP contribution in [-0.4, -0.2) is 0 Å². The van der Waals surface area contributed by atoms with Gasteiger partial charge in [0.05, 0.1) is 0 Å². The zero-order valence-corrected chi connectivity index (χ0v) is 6.34. The SMILES string of the molecule is C1CC23CCC2CC2C1C23. The molecule has 0 saturated heterocycles. The summed E-state index contributed by atoms with van der Waals surface area (Å²) in [6, 6.07) is 0. The van der Waals surface area contributed by atoms with E-state index in [9.17, 15) is 0 Å². The van der Waals surface area contributed by atoms with Crippen molar-refractivity contribution in [3.63, 3.8) is 0 Å². The summed E-state index contributed by atoms with van der Waals surface area (Å²) in [5.41, 5.74) is 0.981. The van der Waals surface area contributed by atoms with Crippen molar-refractivity contribution in [2.24, 2.45) is 29.1 Å². The first-order valence-electron chi connectivity index (χ1n) is 4.92. The smallest absolute Gasteiger partial charge is 0.0235 e. The van der Waals surface area contributed by atoms with Crippen LogP contribution in [0.1, 0.15) is 32.1 Å². The minimum atomic E-state index is 0.981. The number of hydrogen-bond acceptors (Lipinski definition) is 0. The molecule has 4 rings (SSSR count). The van der Waals surface area contributed by atoms with Crippen molar-refractivity contribution in [1.29, 1.82) is 0 Å². The van der Waals surface area contributed by atoms with Crippen LogP contribution in [-0.2, 0) is 0 Å². The molecule has 10 heavy (non-hydrogen) atoms. The first-order valence-corrected chi connectivity index (χ1v) is 4.92. The highest BCUT2D eigenvalue weighted by Crippen LogP contribution is 2.82. The van der Waals surface area contributed by atoms with E-state index in [2.05, 4.69) is 0 Å². The van der Waals surface area contributed by atoms with Gasteiger partial charge in [0, 0.05) is 0 Å². The second-order valence-corrected chi connectivity index (χ2v) is 5.10. The molecule has 4 aliphatic carbocycles. The van der Waals surface area contributed by atoms with Crippen molar-refractivity contribution in [1.82, 2.24) is 0 Å². The van der Waals surface area contributed by atoms with Gasteiger partial charge in [0.15, 0.2) is 0 Å². The van der Waals surface area contributed by atoms with Gasteiger partial charge in [-0.3, -0.25) is 0 Å². The molecule has 54 valence electrons. The molecular weight excluding hydrogens is 120 g/mol. The zero-order chi connectivity index (χ0) is 6.34. The van der Waals surface area contributed by atoms with Gasteiger partial charge >= 0.3 is 0 Å². The monoisotopic (exact) mass is 134 g/mol. The second-order valence-electron chi connectivity index (χ2n) is 5.10. The average Bonchev–Trinajstić information content (AvgIpc) is 2.35. The van der Waals surface area contributed by atoms with Gasteiger partial charge in [0.1, 0.15) is 0 Å². The Labute approximate surface area is 62.0 Å². The summed E-state index contributed by atoms with van der Waals surface area (Å²) in [7, 11) is 0. The topological polar surface area (TPSA) is 0 Å². The lowest BCUT2D eigenvalue weighted by Crippen LogP contribution is -2.36. The van der Waals surface area contributed by atoms with E-state index in [0.29, 0.717) is 0 Å². The van der Waals surface area contributed by atoms with Gasteiger partial charge in [-0.25, -0.2) is 0 Å². The van der Waals surface area contributed by atoms with Crippen LogP contribution in [0.2, 0.25) is 0 Å². The van der Waals surface area contributed by atoms with Crippen LogP contribution in [0, 0.1) is 29.1 Å². The Morgan fingerprint density at radius 1 is 1.00 bits per heavy atom. The molecule has 0 heteroatoms. The summed E-state index contributed by atoms with van der Waals surface area (Å²) < 4.78 is 0. The molecule has 0 aromatic heterocycles. The van der Waals surface area contributed by atoms with Gasteiger partial charge in [-0.05, 0) is 61.2 Å². The minimum absolute atomic E-state index is 0.981. The number of fused-ring (bicyclic) bond motifs is 1. The van der Waals surface area contributed by atoms with Gasteiger partial charge in [-0.2, -0.15) is 0 Å². The van der Waals surface area contributed by atoms with Gasteiger partial charge in [-0.15, -0.1) is 0 Å². The fourth-order valence-electron chi connectivity index (χ4n) is 4.78. The minimum Gasteiger partial charge on any atom is -0.0493 e. The first-order chi connectivity index (χ1) is 4.92. The third-order valence-electron chi connectivity index (χ3n) is 5.27. The van der Waals surface area contributed by atoms with Crippen molar-refractivity contribution in [2.75, 3.05) is 0 Å². The molecule has 0 aromatic rings. The standard InChI is InChI=1S/C10H14/c1-3-10-4-2-7-8(9(7)10)5-6(1)10/h6-9H,1-5H2. The van der Waals surface area contributed by atoms with Crippen LogP contribution >= 0.6 is 0 Å². The molecular formula is C10H14. The summed E-state index contributed by atoms with van der Waals surface area (Å²) in [5.74, 6) is 4.99. The van der Waals surface area contributed by atoms with Crippen molar-refractivity contribution < 1.29 is 0 Å². The predicted molar refractivity (Wildman–Crippen MR) is 39.5 cm³/mol. The highest BCUT2D eigenvalue weighted by Gasteiger charge is 2.74. The second kappa shape index (κ2) is 1.09. The van der Waals surface area contributed by atoms with Crippen molar-refractivity contribution in [2.45, 2.75) is 32.1 Å². The molecule has 0 radical (unpaired) electrons. The molecule has 5 atom stereocenters. The van der Waals surface area contributed by atoms with E-state index in [1.54, 1.807) is 32.1 Å². The van der Waals surface area contributed by atoms with E-state index >= 15 is 0 Å². The van der Waals surface area contributed by atoms with E-state index in [0.717, 1.165) is 5.41 Å². The maximum absolute atomic E-state index is 1.65. The van der Waals surface area contributed by atoms with Crippen molar-refractivity contribution in [3.05, 3.63) is 0 Å². The Balaban J connectivity index is 1.90. The van der Waals surface area contributed by atoms with Crippen LogP contribution in [0.4, 0.5) is 0 Å². The molecule has 5 unspecified atom stereocenters. The number of hydrogen-bond donors (Lipinski definition) is 0. The van der Waals surface area contributed by atoms with Gasteiger partial charge < -0.3 is 0 Å². The fourth-order valence-corrected chi connectivity index (χ4v) is 4.78. The van der Waals surface area contributed by atoms with Crippen LogP contribution in [0.15, 0.2) is 0 Å². The van der Waals surface area contributed by atoms with Crippen LogP contribution in [0.5, 0.6) is 0 Å². The van der Waals surface area contributed by atoms with Gasteiger partial charge in [-0.1, -0.05) is 0 Å². The largest absolute Gasteiger partial charge is 0.0493 e.